The lowest BCUT2D eigenvalue weighted by atomic mass is 10.0. The molecule has 2 N–H and O–H groups in total. The predicted octanol–water partition coefficient (Wildman–Crippen LogP) is 2.02. The van der Waals surface area contributed by atoms with Crippen molar-refractivity contribution in [2.24, 2.45) is 22.5 Å². The summed E-state index contributed by atoms with van der Waals surface area (Å²) in [5.41, 5.74) is 6.77. The molecule has 0 spiro atoms. The molecule has 0 saturated heterocycles. The van der Waals surface area contributed by atoms with Crippen LogP contribution in [0.15, 0.2) is 0 Å². The van der Waals surface area contributed by atoms with Crippen molar-refractivity contribution >= 4 is 0 Å². The Bertz CT molecular complexity index is 131. The van der Waals surface area contributed by atoms with Crippen molar-refractivity contribution in [1.29, 1.82) is 0 Å². The molecule has 1 heteroatoms. The molecule has 1 nitrogen and oxygen atoms in total. The highest BCUT2D eigenvalue weighted by Crippen LogP contribution is 2.69. The van der Waals surface area contributed by atoms with E-state index in [9.17, 15) is 0 Å². The molecule has 10 heavy (non-hydrogen) atoms. The summed E-state index contributed by atoms with van der Waals surface area (Å²) in [6.07, 6.45) is 0. The standard InChI is InChI=1S/C9H19N/c1-6(10)7-8(2,3)9(7,4)5/h6-7H,10H2,1-5H3/t6-/m1/s1. The molecular weight excluding hydrogens is 122 g/mol. The van der Waals surface area contributed by atoms with Gasteiger partial charge in [-0.2, -0.15) is 0 Å². The summed E-state index contributed by atoms with van der Waals surface area (Å²) in [5.74, 6) is 0.708. The molecule has 1 saturated carbocycles. The van der Waals surface area contributed by atoms with Crippen LogP contribution in [-0.4, -0.2) is 6.04 Å². The maximum absolute atomic E-state index is 5.85. The number of hydrogen-bond acceptors (Lipinski definition) is 1. The van der Waals surface area contributed by atoms with Gasteiger partial charge in [0.15, 0.2) is 0 Å². The minimum absolute atomic E-state index is 0.352. The smallest absolute Gasteiger partial charge is 0.00493 e. The fourth-order valence-corrected chi connectivity index (χ4v) is 2.56. The van der Waals surface area contributed by atoms with Crippen molar-refractivity contribution in [1.82, 2.24) is 0 Å². The van der Waals surface area contributed by atoms with E-state index in [1.165, 1.54) is 0 Å². The average molecular weight is 141 g/mol. The third-order valence-electron chi connectivity index (χ3n) is 3.66. The Morgan fingerprint density at radius 3 is 1.40 bits per heavy atom. The average Bonchev–Trinajstić information content (AvgIpc) is 1.97. The van der Waals surface area contributed by atoms with Gasteiger partial charge in [-0.25, -0.2) is 0 Å². The van der Waals surface area contributed by atoms with Crippen LogP contribution < -0.4 is 5.73 Å². The molecule has 0 aromatic rings. The summed E-state index contributed by atoms with van der Waals surface area (Å²) in [6.45, 7) is 11.3. The number of hydrogen-bond donors (Lipinski definition) is 1. The van der Waals surface area contributed by atoms with Gasteiger partial charge >= 0.3 is 0 Å². The lowest BCUT2D eigenvalue weighted by Gasteiger charge is -2.04. The van der Waals surface area contributed by atoms with Crippen molar-refractivity contribution in [3.05, 3.63) is 0 Å². The number of nitrogens with two attached hydrogens (primary N) is 1. The van der Waals surface area contributed by atoms with Crippen molar-refractivity contribution in [2.45, 2.75) is 40.7 Å². The Labute approximate surface area is 64.0 Å². The van der Waals surface area contributed by atoms with Crippen LogP contribution in [0.4, 0.5) is 0 Å². The summed E-state index contributed by atoms with van der Waals surface area (Å²) in [4.78, 5) is 0. The van der Waals surface area contributed by atoms with Crippen molar-refractivity contribution in [2.75, 3.05) is 0 Å². The molecule has 60 valence electrons. The quantitative estimate of drug-likeness (QED) is 0.594. The SMILES string of the molecule is C[C@@H](N)C1C(C)(C)C1(C)C. The molecule has 0 aliphatic heterocycles. The van der Waals surface area contributed by atoms with Gasteiger partial charge in [0.2, 0.25) is 0 Å². The Kier molecular flexibility index (Phi) is 1.42. The largest absolute Gasteiger partial charge is 0.328 e. The molecule has 1 fully saturated rings. The molecule has 0 aromatic heterocycles. The molecular formula is C9H19N. The predicted molar refractivity (Wildman–Crippen MR) is 44.7 cm³/mol. The summed E-state index contributed by atoms with van der Waals surface area (Å²) in [7, 11) is 0. The first-order valence-electron chi connectivity index (χ1n) is 4.07. The van der Waals surface area contributed by atoms with Gasteiger partial charge in [-0.05, 0) is 23.7 Å². The van der Waals surface area contributed by atoms with Crippen LogP contribution in [0.1, 0.15) is 34.6 Å². The fourth-order valence-electron chi connectivity index (χ4n) is 2.56. The second-order valence-electron chi connectivity index (χ2n) is 4.78. The van der Waals surface area contributed by atoms with E-state index in [1.54, 1.807) is 0 Å². The highest BCUT2D eigenvalue weighted by molar-refractivity contribution is 5.14. The molecule has 0 radical (unpaired) electrons. The summed E-state index contributed by atoms with van der Waals surface area (Å²) < 4.78 is 0. The topological polar surface area (TPSA) is 26.0 Å². The van der Waals surface area contributed by atoms with Crippen LogP contribution in [0.2, 0.25) is 0 Å². The third kappa shape index (κ3) is 0.731. The van der Waals surface area contributed by atoms with Gasteiger partial charge in [-0.15, -0.1) is 0 Å². The first kappa shape index (κ1) is 8.06. The second kappa shape index (κ2) is 1.76. The number of rotatable bonds is 1. The maximum atomic E-state index is 5.85. The van der Waals surface area contributed by atoms with Crippen LogP contribution in [0, 0.1) is 16.7 Å². The highest BCUT2D eigenvalue weighted by atomic mass is 14.8. The van der Waals surface area contributed by atoms with E-state index in [1.807, 2.05) is 0 Å². The van der Waals surface area contributed by atoms with Crippen LogP contribution >= 0.6 is 0 Å². The lowest BCUT2D eigenvalue weighted by molar-refractivity contribution is 0.457. The van der Waals surface area contributed by atoms with E-state index in [4.69, 9.17) is 5.73 Å². The minimum atomic E-state index is 0.352. The molecule has 1 atom stereocenters. The Morgan fingerprint density at radius 2 is 1.40 bits per heavy atom. The Balaban J connectivity index is 2.72. The Hall–Kier alpha value is -0.0400. The van der Waals surface area contributed by atoms with Gasteiger partial charge in [0, 0.05) is 6.04 Å². The van der Waals surface area contributed by atoms with Gasteiger partial charge in [0.1, 0.15) is 0 Å². The molecule has 0 unspecified atom stereocenters. The van der Waals surface area contributed by atoms with Gasteiger partial charge in [0.25, 0.3) is 0 Å². The maximum Gasteiger partial charge on any atom is 0.00493 e. The first-order valence-corrected chi connectivity index (χ1v) is 4.07. The van der Waals surface area contributed by atoms with Crippen LogP contribution in [-0.2, 0) is 0 Å². The molecule has 1 aliphatic rings. The van der Waals surface area contributed by atoms with Crippen molar-refractivity contribution in [3.8, 4) is 0 Å². The van der Waals surface area contributed by atoms with Crippen LogP contribution in [0.3, 0.4) is 0 Å². The molecule has 0 bridgehead atoms. The van der Waals surface area contributed by atoms with Gasteiger partial charge in [-0.3, -0.25) is 0 Å². The minimum Gasteiger partial charge on any atom is -0.328 e. The van der Waals surface area contributed by atoms with E-state index in [2.05, 4.69) is 34.6 Å². The normalized spacial score (nSPS) is 31.8. The van der Waals surface area contributed by atoms with Crippen molar-refractivity contribution in [3.63, 3.8) is 0 Å². The summed E-state index contributed by atoms with van der Waals surface area (Å²) in [6, 6.07) is 0.352. The molecule has 1 aliphatic carbocycles. The first-order chi connectivity index (χ1) is 4.32. The molecule has 0 heterocycles. The van der Waals surface area contributed by atoms with Gasteiger partial charge in [0.05, 0.1) is 0 Å². The van der Waals surface area contributed by atoms with Gasteiger partial charge in [-0.1, -0.05) is 27.7 Å². The Morgan fingerprint density at radius 1 is 1.10 bits per heavy atom. The zero-order valence-electron chi connectivity index (χ0n) is 7.73. The highest BCUT2D eigenvalue weighted by Gasteiger charge is 2.65. The fraction of sp³-hybridized carbons (Fsp3) is 1.00. The van der Waals surface area contributed by atoms with E-state index < -0.39 is 0 Å². The molecule has 0 aromatic carbocycles. The molecule has 1 rings (SSSR count). The van der Waals surface area contributed by atoms with E-state index in [0.717, 1.165) is 0 Å². The van der Waals surface area contributed by atoms with Crippen molar-refractivity contribution < 1.29 is 0 Å². The van der Waals surface area contributed by atoms with Crippen LogP contribution in [0.25, 0.3) is 0 Å². The zero-order chi connectivity index (χ0) is 8.15. The van der Waals surface area contributed by atoms with E-state index in [0.29, 0.717) is 22.8 Å². The molecule has 0 amide bonds. The van der Waals surface area contributed by atoms with Crippen LogP contribution in [0.5, 0.6) is 0 Å². The van der Waals surface area contributed by atoms with Gasteiger partial charge < -0.3 is 5.73 Å². The third-order valence-corrected chi connectivity index (χ3v) is 3.66. The van der Waals surface area contributed by atoms with E-state index in [-0.39, 0.29) is 0 Å². The lowest BCUT2D eigenvalue weighted by Crippen LogP contribution is -2.21. The van der Waals surface area contributed by atoms with E-state index >= 15 is 0 Å². The zero-order valence-corrected chi connectivity index (χ0v) is 7.73. The summed E-state index contributed by atoms with van der Waals surface area (Å²) in [5, 5.41) is 0. The summed E-state index contributed by atoms with van der Waals surface area (Å²) >= 11 is 0. The monoisotopic (exact) mass is 141 g/mol. The second-order valence-corrected chi connectivity index (χ2v) is 4.78.